The van der Waals surface area contributed by atoms with E-state index in [1.165, 1.54) is 37.9 Å². The quantitative estimate of drug-likeness (QED) is 0.181. The topological polar surface area (TPSA) is 64.5 Å². The molecule has 3 heterocycles. The molecule has 6 aromatic carbocycles. The van der Waals surface area contributed by atoms with Crippen LogP contribution in [-0.4, -0.2) is 24.9 Å². The lowest BCUT2D eigenvalue weighted by Gasteiger charge is -2.13. The Labute approximate surface area is 277 Å². The van der Waals surface area contributed by atoms with Crippen molar-refractivity contribution in [2.75, 3.05) is 0 Å². The molecular weight excluding hydrogens is 587 g/mol. The molecule has 0 amide bonds. The van der Waals surface area contributed by atoms with Crippen LogP contribution in [0.3, 0.4) is 0 Å². The second-order valence-electron chi connectivity index (χ2n) is 11.8. The number of rotatable bonds is 5. The Bertz CT molecular complexity index is 2520. The Morgan fingerprint density at radius 3 is 1.12 bits per heavy atom. The lowest BCUT2D eigenvalue weighted by Crippen LogP contribution is -2.00. The molecular formula is C43H27N5. The standard InChI is InChI=1S/C43H27N5/c1-2-13-37-35(11-1)36-12-3-4-14-38(36)40-27-33(15-16-39(37)40)31-8-5-7-30(25-31)32-9-6-10-34(26-32)43-47-41(28-17-21-44-22-18-28)46-42(48-43)29-19-23-45-24-20-29/h1-27H. The second-order valence-corrected chi connectivity index (χ2v) is 11.8. The smallest absolute Gasteiger partial charge is 0.164 e. The van der Waals surface area contributed by atoms with Crippen LogP contribution in [0, 0.1) is 0 Å². The molecule has 224 valence electrons. The molecule has 0 spiro atoms. The third kappa shape index (κ3) is 4.95. The van der Waals surface area contributed by atoms with Gasteiger partial charge in [-0.3, -0.25) is 9.97 Å². The molecule has 9 aromatic rings. The summed E-state index contributed by atoms with van der Waals surface area (Å²) in [6, 6.07) is 49.0. The fraction of sp³-hybridized carbons (Fsp3) is 0. The maximum Gasteiger partial charge on any atom is 0.164 e. The van der Waals surface area contributed by atoms with E-state index in [0.29, 0.717) is 17.5 Å². The van der Waals surface area contributed by atoms with Crippen molar-refractivity contribution < 1.29 is 0 Å². The highest BCUT2D eigenvalue weighted by Crippen LogP contribution is 2.38. The van der Waals surface area contributed by atoms with Gasteiger partial charge >= 0.3 is 0 Å². The summed E-state index contributed by atoms with van der Waals surface area (Å²) in [7, 11) is 0. The predicted octanol–water partition coefficient (Wildman–Crippen LogP) is 10.5. The Morgan fingerprint density at radius 2 is 0.625 bits per heavy atom. The highest BCUT2D eigenvalue weighted by molar-refractivity contribution is 6.25. The molecule has 9 rings (SSSR count). The summed E-state index contributed by atoms with van der Waals surface area (Å²) < 4.78 is 0. The number of pyridine rings is 2. The number of nitrogens with zero attached hydrogens (tertiary/aromatic N) is 5. The highest BCUT2D eigenvalue weighted by atomic mass is 15.0. The van der Waals surface area contributed by atoms with E-state index in [4.69, 9.17) is 15.0 Å². The molecule has 0 aliphatic heterocycles. The lowest BCUT2D eigenvalue weighted by atomic mass is 9.91. The van der Waals surface area contributed by atoms with Crippen molar-refractivity contribution in [2.24, 2.45) is 0 Å². The zero-order chi connectivity index (χ0) is 31.9. The van der Waals surface area contributed by atoms with Crippen molar-refractivity contribution in [3.63, 3.8) is 0 Å². The van der Waals surface area contributed by atoms with Crippen LogP contribution in [0.1, 0.15) is 0 Å². The summed E-state index contributed by atoms with van der Waals surface area (Å²) in [5.74, 6) is 1.80. The molecule has 0 unspecified atom stereocenters. The first-order valence-corrected chi connectivity index (χ1v) is 15.9. The van der Waals surface area contributed by atoms with Crippen LogP contribution in [0.5, 0.6) is 0 Å². The molecule has 0 radical (unpaired) electrons. The summed E-state index contributed by atoms with van der Waals surface area (Å²) in [6.45, 7) is 0. The first kappa shape index (κ1) is 27.7. The molecule has 0 N–H and O–H groups in total. The van der Waals surface area contributed by atoms with Gasteiger partial charge in [-0.1, -0.05) is 97.1 Å². The van der Waals surface area contributed by atoms with E-state index < -0.39 is 0 Å². The van der Waals surface area contributed by atoms with Gasteiger partial charge in [0.05, 0.1) is 0 Å². The molecule has 0 aliphatic rings. The van der Waals surface area contributed by atoms with E-state index in [-0.39, 0.29) is 0 Å². The molecule has 5 nitrogen and oxygen atoms in total. The summed E-state index contributed by atoms with van der Waals surface area (Å²) in [4.78, 5) is 23.0. The Balaban J connectivity index is 1.14. The van der Waals surface area contributed by atoms with Crippen molar-refractivity contribution >= 4 is 32.3 Å². The van der Waals surface area contributed by atoms with Crippen molar-refractivity contribution in [1.29, 1.82) is 0 Å². The van der Waals surface area contributed by atoms with Gasteiger partial charge in [0.25, 0.3) is 0 Å². The molecule has 0 saturated carbocycles. The van der Waals surface area contributed by atoms with Gasteiger partial charge in [0.1, 0.15) is 0 Å². The zero-order valence-corrected chi connectivity index (χ0v) is 25.8. The minimum Gasteiger partial charge on any atom is -0.265 e. The summed E-state index contributed by atoms with van der Waals surface area (Å²) >= 11 is 0. The van der Waals surface area contributed by atoms with Gasteiger partial charge in [-0.15, -0.1) is 0 Å². The molecule has 5 heteroatoms. The summed E-state index contributed by atoms with van der Waals surface area (Å²) in [6.07, 6.45) is 6.99. The van der Waals surface area contributed by atoms with Crippen molar-refractivity contribution in [1.82, 2.24) is 24.9 Å². The Hall–Kier alpha value is -6.59. The van der Waals surface area contributed by atoms with Crippen LogP contribution in [-0.2, 0) is 0 Å². The minimum atomic E-state index is 0.596. The molecule has 48 heavy (non-hydrogen) atoms. The average Bonchev–Trinajstić information content (AvgIpc) is 3.18. The number of hydrogen-bond donors (Lipinski definition) is 0. The largest absolute Gasteiger partial charge is 0.265 e. The van der Waals surface area contributed by atoms with Crippen molar-refractivity contribution in [3.8, 4) is 56.4 Å². The fourth-order valence-electron chi connectivity index (χ4n) is 6.57. The summed E-state index contributed by atoms with van der Waals surface area (Å²) in [5, 5.41) is 7.65. The van der Waals surface area contributed by atoms with Crippen molar-refractivity contribution in [3.05, 3.63) is 164 Å². The Kier molecular flexibility index (Phi) is 6.72. The van der Waals surface area contributed by atoms with E-state index in [1.807, 2.05) is 30.3 Å². The van der Waals surface area contributed by atoms with Crippen LogP contribution in [0.25, 0.3) is 88.7 Å². The molecule has 0 atom stereocenters. The van der Waals surface area contributed by atoms with Gasteiger partial charge in [-0.05, 0) is 97.0 Å². The van der Waals surface area contributed by atoms with Gasteiger partial charge in [0.2, 0.25) is 0 Å². The maximum atomic E-state index is 4.91. The first-order valence-electron chi connectivity index (χ1n) is 15.9. The fourth-order valence-corrected chi connectivity index (χ4v) is 6.57. The van der Waals surface area contributed by atoms with Crippen LogP contribution in [0.4, 0.5) is 0 Å². The summed E-state index contributed by atoms with van der Waals surface area (Å²) in [5.41, 5.74) is 7.22. The van der Waals surface area contributed by atoms with Crippen LogP contribution < -0.4 is 0 Å². The van der Waals surface area contributed by atoms with Gasteiger partial charge in [0.15, 0.2) is 17.5 Å². The Morgan fingerprint density at radius 1 is 0.250 bits per heavy atom. The molecule has 0 saturated heterocycles. The average molecular weight is 614 g/mol. The first-order chi connectivity index (χ1) is 23.8. The zero-order valence-electron chi connectivity index (χ0n) is 25.8. The lowest BCUT2D eigenvalue weighted by molar-refractivity contribution is 1.07. The predicted molar refractivity (Wildman–Crippen MR) is 195 cm³/mol. The van der Waals surface area contributed by atoms with E-state index in [9.17, 15) is 0 Å². The minimum absolute atomic E-state index is 0.596. The van der Waals surface area contributed by atoms with Gasteiger partial charge in [0, 0.05) is 41.5 Å². The van der Waals surface area contributed by atoms with Gasteiger partial charge < -0.3 is 0 Å². The molecule has 3 aromatic heterocycles. The van der Waals surface area contributed by atoms with Crippen LogP contribution in [0.2, 0.25) is 0 Å². The van der Waals surface area contributed by atoms with E-state index in [0.717, 1.165) is 33.4 Å². The van der Waals surface area contributed by atoms with Crippen LogP contribution in [0.15, 0.2) is 164 Å². The number of hydrogen-bond acceptors (Lipinski definition) is 5. The monoisotopic (exact) mass is 613 g/mol. The normalized spacial score (nSPS) is 11.3. The van der Waals surface area contributed by atoms with Gasteiger partial charge in [-0.25, -0.2) is 15.0 Å². The van der Waals surface area contributed by atoms with Crippen molar-refractivity contribution in [2.45, 2.75) is 0 Å². The highest BCUT2D eigenvalue weighted by Gasteiger charge is 2.14. The second kappa shape index (κ2) is 11.6. The number of benzene rings is 6. The molecule has 0 bridgehead atoms. The van der Waals surface area contributed by atoms with Gasteiger partial charge in [-0.2, -0.15) is 0 Å². The van der Waals surface area contributed by atoms with E-state index in [2.05, 4.69) is 119 Å². The SMILES string of the molecule is c1cc(-c2cccc(-c3nc(-c4ccncc4)nc(-c4ccncc4)n3)c2)cc(-c2ccc3c4ccccc4c4ccccc4c3c2)c1. The number of fused-ring (bicyclic) bond motifs is 6. The van der Waals surface area contributed by atoms with Crippen LogP contribution >= 0.6 is 0 Å². The van der Waals surface area contributed by atoms with E-state index >= 15 is 0 Å². The van der Waals surface area contributed by atoms with E-state index in [1.54, 1.807) is 24.8 Å². The third-order valence-corrected chi connectivity index (χ3v) is 8.91. The molecule has 0 aliphatic carbocycles. The third-order valence-electron chi connectivity index (χ3n) is 8.91. The molecule has 0 fully saturated rings. The number of aromatic nitrogens is 5. The maximum absolute atomic E-state index is 4.91.